The highest BCUT2D eigenvalue weighted by atomic mass is 35.5. The summed E-state index contributed by atoms with van der Waals surface area (Å²) in [5.74, 6) is -0.150. The van der Waals surface area contributed by atoms with Crippen LogP contribution in [0, 0.1) is 11.6 Å². The molecule has 4 nitrogen and oxygen atoms in total. The predicted octanol–water partition coefficient (Wildman–Crippen LogP) is 5.07. The van der Waals surface area contributed by atoms with Gasteiger partial charge < -0.3 is 4.90 Å². The van der Waals surface area contributed by atoms with Gasteiger partial charge in [0.25, 0.3) is 0 Å². The summed E-state index contributed by atoms with van der Waals surface area (Å²) in [7, 11) is 3.87. The number of amides is 1. The average Bonchev–Trinajstić information content (AvgIpc) is 3.08. The number of aromatic nitrogens is 1. The summed E-state index contributed by atoms with van der Waals surface area (Å²) < 4.78 is 27.7. The van der Waals surface area contributed by atoms with Crippen molar-refractivity contribution in [3.05, 3.63) is 54.1 Å². The summed E-state index contributed by atoms with van der Waals surface area (Å²) in [4.78, 5) is 21.8. The highest BCUT2D eigenvalue weighted by molar-refractivity contribution is 7.99. The number of benzene rings is 2. The number of rotatable bonds is 8. The number of fused-ring (bicyclic) bond motifs is 1. The number of thioether (sulfide) groups is 1. The van der Waals surface area contributed by atoms with Crippen LogP contribution in [0.3, 0.4) is 0 Å². The second kappa shape index (κ2) is 10.9. The minimum absolute atomic E-state index is 0. The standard InChI is InChI=1S/C20H21F2N3OS2.ClH/c1-24(2)11-12-25(20-23-19-16(22)4-3-5-17(19)28-20)18(26)10-13-27-15-8-6-14(21)7-9-15;/h3-9H,10-13H2,1-2H3;1H. The van der Waals surface area contributed by atoms with Gasteiger partial charge in [-0.15, -0.1) is 24.2 Å². The lowest BCUT2D eigenvalue weighted by Crippen LogP contribution is -2.36. The largest absolute Gasteiger partial charge is 0.308 e. The first-order valence-electron chi connectivity index (χ1n) is 8.82. The number of likely N-dealkylation sites (N-methyl/N-ethyl adjacent to an activating group) is 1. The Morgan fingerprint density at radius 1 is 1.10 bits per heavy atom. The highest BCUT2D eigenvalue weighted by Crippen LogP contribution is 2.31. The second-order valence-electron chi connectivity index (χ2n) is 6.48. The lowest BCUT2D eigenvalue weighted by molar-refractivity contribution is -0.118. The minimum Gasteiger partial charge on any atom is -0.308 e. The maximum Gasteiger partial charge on any atom is 0.229 e. The van der Waals surface area contributed by atoms with E-state index >= 15 is 0 Å². The van der Waals surface area contributed by atoms with Crippen molar-refractivity contribution in [2.45, 2.75) is 11.3 Å². The topological polar surface area (TPSA) is 36.4 Å². The molecule has 3 rings (SSSR count). The third-order valence-corrected chi connectivity index (χ3v) is 6.12. The van der Waals surface area contributed by atoms with E-state index in [1.165, 1.54) is 41.3 Å². The maximum atomic E-state index is 14.0. The molecule has 0 atom stereocenters. The molecule has 0 radical (unpaired) electrons. The molecule has 0 saturated heterocycles. The van der Waals surface area contributed by atoms with E-state index in [0.717, 1.165) is 9.60 Å². The summed E-state index contributed by atoms with van der Waals surface area (Å²) in [5, 5.41) is 0.513. The molecule has 9 heteroatoms. The van der Waals surface area contributed by atoms with Crippen molar-refractivity contribution in [3.63, 3.8) is 0 Å². The first-order chi connectivity index (χ1) is 13.4. The van der Waals surface area contributed by atoms with Gasteiger partial charge in [-0.25, -0.2) is 13.8 Å². The summed E-state index contributed by atoms with van der Waals surface area (Å²) in [6.07, 6.45) is 0.313. The monoisotopic (exact) mass is 457 g/mol. The van der Waals surface area contributed by atoms with Crippen molar-refractivity contribution < 1.29 is 13.6 Å². The Morgan fingerprint density at radius 3 is 2.48 bits per heavy atom. The zero-order valence-electron chi connectivity index (χ0n) is 16.1. The van der Waals surface area contributed by atoms with Gasteiger partial charge in [-0.3, -0.25) is 9.69 Å². The van der Waals surface area contributed by atoms with Crippen LogP contribution in [0.4, 0.5) is 13.9 Å². The number of hydrogen-bond donors (Lipinski definition) is 0. The van der Waals surface area contributed by atoms with Crippen molar-refractivity contribution in [1.29, 1.82) is 0 Å². The van der Waals surface area contributed by atoms with Crippen LogP contribution in [0.15, 0.2) is 47.4 Å². The van der Waals surface area contributed by atoms with E-state index < -0.39 is 0 Å². The van der Waals surface area contributed by atoms with Crippen LogP contribution < -0.4 is 4.90 Å². The van der Waals surface area contributed by atoms with E-state index in [9.17, 15) is 13.6 Å². The number of para-hydroxylation sites is 1. The number of hydrogen-bond acceptors (Lipinski definition) is 5. The lowest BCUT2D eigenvalue weighted by Gasteiger charge is -2.22. The lowest BCUT2D eigenvalue weighted by atomic mass is 10.3. The fourth-order valence-electron chi connectivity index (χ4n) is 2.57. The van der Waals surface area contributed by atoms with E-state index in [2.05, 4.69) is 4.98 Å². The van der Waals surface area contributed by atoms with Gasteiger partial charge in [0.15, 0.2) is 5.13 Å². The summed E-state index contributed by atoms with van der Waals surface area (Å²) in [6.45, 7) is 1.16. The van der Waals surface area contributed by atoms with Crippen LogP contribution in [0.2, 0.25) is 0 Å². The van der Waals surface area contributed by atoms with Crippen LogP contribution in [-0.4, -0.2) is 48.7 Å². The van der Waals surface area contributed by atoms with Gasteiger partial charge in [-0.05, 0) is 50.5 Å². The molecule has 0 aliphatic rings. The smallest absolute Gasteiger partial charge is 0.229 e. The van der Waals surface area contributed by atoms with Crippen LogP contribution in [-0.2, 0) is 4.79 Å². The molecule has 0 saturated carbocycles. The fraction of sp³-hybridized carbons (Fsp3) is 0.300. The Labute approximate surface area is 183 Å². The van der Waals surface area contributed by atoms with E-state index in [-0.39, 0.29) is 29.9 Å². The first-order valence-corrected chi connectivity index (χ1v) is 10.6. The molecule has 156 valence electrons. The number of nitrogens with zero attached hydrogens (tertiary/aromatic N) is 3. The quantitative estimate of drug-likeness (QED) is 0.442. The van der Waals surface area contributed by atoms with Crippen molar-refractivity contribution in [1.82, 2.24) is 9.88 Å². The maximum absolute atomic E-state index is 14.0. The van der Waals surface area contributed by atoms with Gasteiger partial charge in [-0.1, -0.05) is 17.4 Å². The van der Waals surface area contributed by atoms with E-state index in [4.69, 9.17) is 0 Å². The molecule has 1 amide bonds. The van der Waals surface area contributed by atoms with Crippen molar-refractivity contribution >= 4 is 56.8 Å². The van der Waals surface area contributed by atoms with Crippen LogP contribution in [0.1, 0.15) is 6.42 Å². The molecule has 0 N–H and O–H groups in total. The van der Waals surface area contributed by atoms with Crippen molar-refractivity contribution in [2.24, 2.45) is 0 Å². The third-order valence-electron chi connectivity index (χ3n) is 4.06. The van der Waals surface area contributed by atoms with Crippen molar-refractivity contribution in [3.8, 4) is 0 Å². The van der Waals surface area contributed by atoms with Crippen molar-refractivity contribution in [2.75, 3.05) is 37.8 Å². The number of anilines is 1. The Morgan fingerprint density at radius 2 is 1.83 bits per heavy atom. The molecule has 0 bridgehead atoms. The van der Waals surface area contributed by atoms with Gasteiger partial charge in [0.05, 0.1) is 4.70 Å². The Balaban J connectivity index is 0.00000300. The zero-order chi connectivity index (χ0) is 20.1. The van der Waals surface area contributed by atoms with Gasteiger partial charge in [0, 0.05) is 30.2 Å². The molecule has 3 aromatic rings. The van der Waals surface area contributed by atoms with Gasteiger partial charge >= 0.3 is 0 Å². The third kappa shape index (κ3) is 6.37. The van der Waals surface area contributed by atoms with E-state index in [0.29, 0.717) is 35.9 Å². The molecular weight excluding hydrogens is 436 g/mol. The number of thiazole rings is 1. The van der Waals surface area contributed by atoms with Gasteiger partial charge in [0.1, 0.15) is 17.2 Å². The molecule has 0 aliphatic heterocycles. The summed E-state index contributed by atoms with van der Waals surface area (Å²) in [5.41, 5.74) is 0.297. The fourth-order valence-corrected chi connectivity index (χ4v) is 4.43. The second-order valence-corrected chi connectivity index (χ2v) is 8.66. The zero-order valence-corrected chi connectivity index (χ0v) is 18.5. The SMILES string of the molecule is CN(C)CCN(C(=O)CCSc1ccc(F)cc1)c1nc2c(F)cccc2s1.Cl. The Hall–Kier alpha value is -1.74. The Kier molecular flexibility index (Phi) is 8.82. The average molecular weight is 458 g/mol. The summed E-state index contributed by atoms with van der Waals surface area (Å²) >= 11 is 2.82. The molecule has 1 aromatic heterocycles. The molecule has 2 aromatic carbocycles. The predicted molar refractivity (Wildman–Crippen MR) is 119 cm³/mol. The highest BCUT2D eigenvalue weighted by Gasteiger charge is 2.20. The molecule has 1 heterocycles. The molecule has 0 unspecified atom stereocenters. The van der Waals surface area contributed by atoms with Gasteiger partial charge in [0.2, 0.25) is 5.91 Å². The first kappa shape index (κ1) is 23.5. The van der Waals surface area contributed by atoms with E-state index in [1.807, 2.05) is 19.0 Å². The number of carbonyl (C=O) groups is 1. The normalized spacial score (nSPS) is 10.9. The van der Waals surface area contributed by atoms with E-state index in [1.54, 1.807) is 29.2 Å². The number of halogens is 3. The summed E-state index contributed by atoms with van der Waals surface area (Å²) in [6, 6.07) is 11.0. The molecular formula is C20H22ClF2N3OS2. The molecule has 0 fully saturated rings. The van der Waals surface area contributed by atoms with Crippen LogP contribution >= 0.6 is 35.5 Å². The molecule has 29 heavy (non-hydrogen) atoms. The minimum atomic E-state index is -0.383. The molecule has 0 spiro atoms. The van der Waals surface area contributed by atoms with Crippen LogP contribution in [0.25, 0.3) is 10.2 Å². The van der Waals surface area contributed by atoms with Crippen LogP contribution in [0.5, 0.6) is 0 Å². The number of carbonyl (C=O) groups excluding carboxylic acids is 1. The molecule has 0 aliphatic carbocycles. The Bertz CT molecular complexity index is 951. The van der Waals surface area contributed by atoms with Gasteiger partial charge in [-0.2, -0.15) is 0 Å².